The first kappa shape index (κ1) is 14.6. The van der Waals surface area contributed by atoms with E-state index in [4.69, 9.17) is 0 Å². The average molecular weight is 298 g/mol. The van der Waals surface area contributed by atoms with Crippen LogP contribution in [0.2, 0.25) is 0 Å². The molecule has 0 amide bonds. The van der Waals surface area contributed by atoms with Gasteiger partial charge in [-0.3, -0.25) is 0 Å². The molecule has 110 valence electrons. The highest BCUT2D eigenvalue weighted by Crippen LogP contribution is 2.54. The maximum absolute atomic E-state index is 14.1. The Morgan fingerprint density at radius 1 is 0.857 bits per heavy atom. The van der Waals surface area contributed by atoms with E-state index in [1.54, 1.807) is 0 Å². The van der Waals surface area contributed by atoms with Gasteiger partial charge in [-0.05, 0) is 18.8 Å². The van der Waals surface area contributed by atoms with Crippen molar-refractivity contribution >= 4 is 17.8 Å². The van der Waals surface area contributed by atoms with Crippen LogP contribution in [-0.2, 0) is 4.57 Å². The molecule has 0 bridgehead atoms. The summed E-state index contributed by atoms with van der Waals surface area (Å²) >= 11 is 0. The van der Waals surface area contributed by atoms with Gasteiger partial charge in [-0.25, -0.2) is 0 Å². The van der Waals surface area contributed by atoms with Gasteiger partial charge >= 0.3 is 0 Å². The lowest BCUT2D eigenvalue weighted by molar-refractivity contribution is 0.384. The molecule has 2 atom stereocenters. The van der Waals surface area contributed by atoms with Crippen LogP contribution in [0, 0.1) is 5.92 Å². The zero-order chi connectivity index (χ0) is 14.7. The maximum atomic E-state index is 14.1. The molecule has 2 heteroatoms. The molecule has 1 saturated carbocycles. The molecular formula is C19H23OP. The molecule has 1 aliphatic carbocycles. The lowest BCUT2D eigenvalue weighted by atomic mass is 9.90. The summed E-state index contributed by atoms with van der Waals surface area (Å²) in [7, 11) is -2.54. The van der Waals surface area contributed by atoms with Gasteiger partial charge in [0.1, 0.15) is 7.14 Å². The summed E-state index contributed by atoms with van der Waals surface area (Å²) in [5.41, 5.74) is 0.297. The second kappa shape index (κ2) is 6.20. The largest absolute Gasteiger partial charge is 0.313 e. The van der Waals surface area contributed by atoms with E-state index in [0.717, 1.165) is 23.5 Å². The fourth-order valence-corrected chi connectivity index (χ4v) is 7.18. The minimum Gasteiger partial charge on any atom is -0.313 e. The van der Waals surface area contributed by atoms with Gasteiger partial charge in [0.05, 0.1) is 0 Å². The van der Waals surface area contributed by atoms with E-state index in [2.05, 4.69) is 6.92 Å². The minimum absolute atomic E-state index is 0.297. The van der Waals surface area contributed by atoms with Gasteiger partial charge in [0, 0.05) is 16.3 Å². The van der Waals surface area contributed by atoms with E-state index in [9.17, 15) is 4.57 Å². The Morgan fingerprint density at radius 2 is 1.38 bits per heavy atom. The second-order valence-corrected chi connectivity index (χ2v) is 9.33. The zero-order valence-corrected chi connectivity index (χ0v) is 13.5. The van der Waals surface area contributed by atoms with Crippen LogP contribution in [-0.4, -0.2) is 5.66 Å². The van der Waals surface area contributed by atoms with Crippen LogP contribution in [0.15, 0.2) is 60.7 Å². The summed E-state index contributed by atoms with van der Waals surface area (Å²) in [5, 5.41) is 2.05. The van der Waals surface area contributed by atoms with Gasteiger partial charge in [0.2, 0.25) is 0 Å². The third-order valence-electron chi connectivity index (χ3n) is 4.70. The number of hydrogen-bond donors (Lipinski definition) is 0. The van der Waals surface area contributed by atoms with E-state index in [0.29, 0.717) is 11.6 Å². The van der Waals surface area contributed by atoms with Crippen molar-refractivity contribution in [2.45, 2.75) is 38.3 Å². The van der Waals surface area contributed by atoms with Crippen LogP contribution in [0.1, 0.15) is 32.6 Å². The summed E-state index contributed by atoms with van der Waals surface area (Å²) in [6.45, 7) is 2.30. The normalized spacial score (nSPS) is 22.9. The molecule has 0 N–H and O–H groups in total. The third kappa shape index (κ3) is 2.85. The average Bonchev–Trinajstić information content (AvgIpc) is 2.56. The standard InChI is InChI=1S/C19H23OP/c1-16-9-8-14-19(15-16)21(20,17-10-4-2-5-11-17)18-12-6-3-7-13-18/h2-7,10-13,16,19H,8-9,14-15H2,1H3/t16-,19-/m1/s1. The Kier molecular flexibility index (Phi) is 4.31. The number of rotatable bonds is 3. The first-order valence-corrected chi connectivity index (χ1v) is 9.70. The van der Waals surface area contributed by atoms with E-state index in [1.165, 1.54) is 12.8 Å². The second-order valence-electron chi connectivity index (χ2n) is 6.25. The topological polar surface area (TPSA) is 17.1 Å². The lowest BCUT2D eigenvalue weighted by Crippen LogP contribution is -2.29. The Bertz CT molecular complexity index is 577. The first-order valence-electron chi connectivity index (χ1n) is 7.92. The summed E-state index contributed by atoms with van der Waals surface area (Å²) < 4.78 is 14.1. The SMILES string of the molecule is C[C@@H]1CCC[C@@H](P(=O)(c2ccccc2)c2ccccc2)C1. The van der Waals surface area contributed by atoms with Crippen molar-refractivity contribution < 1.29 is 4.57 Å². The molecule has 0 saturated heterocycles. The molecule has 1 fully saturated rings. The molecule has 0 aromatic heterocycles. The molecule has 1 aliphatic rings. The summed E-state index contributed by atoms with van der Waals surface area (Å²) in [4.78, 5) is 0. The molecule has 0 spiro atoms. The molecular weight excluding hydrogens is 275 g/mol. The van der Waals surface area contributed by atoms with E-state index >= 15 is 0 Å². The van der Waals surface area contributed by atoms with Crippen molar-refractivity contribution in [1.82, 2.24) is 0 Å². The van der Waals surface area contributed by atoms with E-state index < -0.39 is 7.14 Å². The highest BCUT2D eigenvalue weighted by molar-refractivity contribution is 7.79. The highest BCUT2D eigenvalue weighted by Gasteiger charge is 2.38. The van der Waals surface area contributed by atoms with Crippen LogP contribution >= 0.6 is 7.14 Å². The quantitative estimate of drug-likeness (QED) is 0.758. The predicted octanol–water partition coefficient (Wildman–Crippen LogP) is 4.58. The third-order valence-corrected chi connectivity index (χ3v) is 8.33. The van der Waals surface area contributed by atoms with Gasteiger partial charge in [0.25, 0.3) is 0 Å². The Balaban J connectivity index is 2.09. The fourth-order valence-electron chi connectivity index (χ4n) is 3.60. The zero-order valence-electron chi connectivity index (χ0n) is 12.6. The van der Waals surface area contributed by atoms with Crippen LogP contribution < -0.4 is 10.6 Å². The van der Waals surface area contributed by atoms with E-state index in [-0.39, 0.29) is 0 Å². The molecule has 0 radical (unpaired) electrons. The maximum Gasteiger partial charge on any atom is 0.146 e. The fraction of sp³-hybridized carbons (Fsp3) is 0.368. The minimum atomic E-state index is -2.54. The van der Waals surface area contributed by atoms with Crippen molar-refractivity contribution in [3.05, 3.63) is 60.7 Å². The van der Waals surface area contributed by atoms with Crippen LogP contribution in [0.25, 0.3) is 0 Å². The van der Waals surface area contributed by atoms with E-state index in [1.807, 2.05) is 60.7 Å². The molecule has 3 rings (SSSR count). The summed E-state index contributed by atoms with van der Waals surface area (Å²) in [6.07, 6.45) is 4.65. The molecule has 21 heavy (non-hydrogen) atoms. The molecule has 0 heterocycles. The highest BCUT2D eigenvalue weighted by atomic mass is 31.2. The van der Waals surface area contributed by atoms with Crippen molar-refractivity contribution in [3.8, 4) is 0 Å². The van der Waals surface area contributed by atoms with Gasteiger partial charge in [-0.15, -0.1) is 0 Å². The molecule has 0 unspecified atom stereocenters. The van der Waals surface area contributed by atoms with Crippen LogP contribution in [0.4, 0.5) is 0 Å². The molecule has 1 nitrogen and oxygen atoms in total. The monoisotopic (exact) mass is 298 g/mol. The molecule has 2 aromatic rings. The van der Waals surface area contributed by atoms with Gasteiger partial charge in [-0.1, -0.05) is 80.4 Å². The van der Waals surface area contributed by atoms with Crippen molar-refractivity contribution in [2.24, 2.45) is 5.92 Å². The van der Waals surface area contributed by atoms with Gasteiger partial charge in [-0.2, -0.15) is 0 Å². The first-order chi connectivity index (χ1) is 10.2. The van der Waals surface area contributed by atoms with Crippen molar-refractivity contribution in [1.29, 1.82) is 0 Å². The summed E-state index contributed by atoms with van der Waals surface area (Å²) in [5.74, 6) is 0.685. The smallest absolute Gasteiger partial charge is 0.146 e. The predicted molar refractivity (Wildman–Crippen MR) is 91.2 cm³/mol. The van der Waals surface area contributed by atoms with Crippen molar-refractivity contribution in [3.63, 3.8) is 0 Å². The van der Waals surface area contributed by atoms with Gasteiger partial charge < -0.3 is 4.57 Å². The Labute approximate surface area is 127 Å². The number of hydrogen-bond acceptors (Lipinski definition) is 1. The van der Waals surface area contributed by atoms with Gasteiger partial charge in [0.15, 0.2) is 0 Å². The number of benzene rings is 2. The lowest BCUT2D eigenvalue weighted by Gasteiger charge is -2.34. The molecule has 0 aliphatic heterocycles. The Morgan fingerprint density at radius 3 is 1.86 bits per heavy atom. The molecule has 2 aromatic carbocycles. The summed E-state index contributed by atoms with van der Waals surface area (Å²) in [6, 6.07) is 20.2. The van der Waals surface area contributed by atoms with Crippen LogP contribution in [0.3, 0.4) is 0 Å². The van der Waals surface area contributed by atoms with Crippen LogP contribution in [0.5, 0.6) is 0 Å². The Hall–Kier alpha value is -1.33. The van der Waals surface area contributed by atoms with Crippen molar-refractivity contribution in [2.75, 3.05) is 0 Å².